The van der Waals surface area contributed by atoms with Gasteiger partial charge in [0.05, 0.1) is 0 Å². The zero-order valence-electron chi connectivity index (χ0n) is 11.2. The van der Waals surface area contributed by atoms with E-state index in [2.05, 4.69) is 17.0 Å². The van der Waals surface area contributed by atoms with Gasteiger partial charge in [0.15, 0.2) is 5.82 Å². The molecule has 0 bridgehead atoms. The zero-order chi connectivity index (χ0) is 13.3. The largest absolute Gasteiger partial charge is 0.380 e. The van der Waals surface area contributed by atoms with Crippen LogP contribution < -0.4 is 0 Å². The van der Waals surface area contributed by atoms with Crippen LogP contribution >= 0.6 is 0 Å². The van der Waals surface area contributed by atoms with E-state index in [0.29, 0.717) is 11.2 Å². The molecule has 19 heavy (non-hydrogen) atoms. The number of aromatic nitrogens is 3. The normalized spacial score (nSPS) is 18.2. The first-order valence-corrected chi connectivity index (χ1v) is 6.79. The summed E-state index contributed by atoms with van der Waals surface area (Å²) >= 11 is 0. The highest BCUT2D eigenvalue weighted by Crippen LogP contribution is 2.48. The van der Waals surface area contributed by atoms with Crippen molar-refractivity contribution in [3.05, 3.63) is 48.0 Å². The maximum absolute atomic E-state index is 10.2. The smallest absolute Gasteiger partial charge is 0.183 e. The molecule has 0 radical (unpaired) electrons. The Bertz CT molecular complexity index is 546. The van der Waals surface area contributed by atoms with E-state index in [1.54, 1.807) is 6.33 Å². The Hall–Kier alpha value is -1.68. The van der Waals surface area contributed by atoms with Gasteiger partial charge in [-0.05, 0) is 30.2 Å². The van der Waals surface area contributed by atoms with Gasteiger partial charge in [-0.25, -0.2) is 4.98 Å². The molecule has 1 aromatic heterocycles. The molecule has 1 N–H and O–H groups in total. The molecule has 1 fully saturated rings. The topological polar surface area (TPSA) is 50.9 Å². The molecular weight excluding hydrogens is 238 g/mol. The lowest BCUT2D eigenvalue weighted by Crippen LogP contribution is -2.07. The van der Waals surface area contributed by atoms with Crippen LogP contribution in [0.15, 0.2) is 36.7 Å². The number of nitrogens with zero attached hydrogens (tertiary/aromatic N) is 3. The standard InChI is InChI=1S/C15H19N3O/c1-15(7-8-15)9-10-18-11-16-14(17-18)13(19)12-5-3-2-4-6-12/h2-6,11,13,19H,7-10H2,1H3. The molecule has 0 spiro atoms. The second-order valence-corrected chi connectivity index (χ2v) is 5.74. The van der Waals surface area contributed by atoms with Crippen molar-refractivity contribution in [3.8, 4) is 0 Å². The van der Waals surface area contributed by atoms with E-state index in [0.717, 1.165) is 18.5 Å². The molecule has 1 aliphatic carbocycles. The van der Waals surface area contributed by atoms with Crippen LogP contribution in [-0.2, 0) is 6.54 Å². The number of benzene rings is 1. The summed E-state index contributed by atoms with van der Waals surface area (Å²) in [6.07, 6.45) is 4.76. The molecule has 1 aromatic carbocycles. The van der Waals surface area contributed by atoms with Crippen molar-refractivity contribution in [1.82, 2.24) is 14.8 Å². The highest BCUT2D eigenvalue weighted by molar-refractivity contribution is 5.21. The summed E-state index contributed by atoms with van der Waals surface area (Å²) in [6, 6.07) is 9.51. The molecule has 3 rings (SSSR count). The summed E-state index contributed by atoms with van der Waals surface area (Å²) in [5.74, 6) is 0.479. The molecule has 100 valence electrons. The minimum absolute atomic E-state index is 0.479. The van der Waals surface area contributed by atoms with E-state index in [-0.39, 0.29) is 0 Å². The number of hydrogen-bond acceptors (Lipinski definition) is 3. The van der Waals surface area contributed by atoms with Crippen LogP contribution in [0.2, 0.25) is 0 Å². The second-order valence-electron chi connectivity index (χ2n) is 5.74. The van der Waals surface area contributed by atoms with Crippen LogP contribution in [-0.4, -0.2) is 19.9 Å². The molecule has 4 nitrogen and oxygen atoms in total. The summed E-state index contributed by atoms with van der Waals surface area (Å²) in [5.41, 5.74) is 1.35. The maximum atomic E-state index is 10.2. The summed E-state index contributed by atoms with van der Waals surface area (Å²) in [6.45, 7) is 3.19. The summed E-state index contributed by atoms with van der Waals surface area (Å²) in [7, 11) is 0. The van der Waals surface area contributed by atoms with Crippen LogP contribution in [0.5, 0.6) is 0 Å². The van der Waals surface area contributed by atoms with E-state index in [1.165, 1.54) is 12.8 Å². The molecule has 4 heteroatoms. The van der Waals surface area contributed by atoms with Gasteiger partial charge in [-0.2, -0.15) is 5.10 Å². The lowest BCUT2D eigenvalue weighted by Gasteiger charge is -2.08. The van der Waals surface area contributed by atoms with Crippen molar-refractivity contribution in [1.29, 1.82) is 0 Å². The molecular formula is C15H19N3O. The molecule has 1 heterocycles. The van der Waals surface area contributed by atoms with E-state index in [4.69, 9.17) is 0 Å². The van der Waals surface area contributed by atoms with Gasteiger partial charge in [0.2, 0.25) is 0 Å². The number of aliphatic hydroxyl groups is 1. The van der Waals surface area contributed by atoms with Crippen LogP contribution in [0.1, 0.15) is 43.7 Å². The van der Waals surface area contributed by atoms with Gasteiger partial charge in [-0.3, -0.25) is 4.68 Å². The van der Waals surface area contributed by atoms with E-state index < -0.39 is 6.10 Å². The van der Waals surface area contributed by atoms with Crippen molar-refractivity contribution >= 4 is 0 Å². The van der Waals surface area contributed by atoms with Crippen LogP contribution in [0.25, 0.3) is 0 Å². The van der Waals surface area contributed by atoms with Crippen LogP contribution in [0.3, 0.4) is 0 Å². The third kappa shape index (κ3) is 2.84. The minimum atomic E-state index is -0.737. The molecule has 1 aliphatic rings. The third-order valence-corrected chi connectivity index (χ3v) is 3.96. The molecule has 0 amide bonds. The number of aryl methyl sites for hydroxylation is 1. The predicted molar refractivity (Wildman–Crippen MR) is 72.5 cm³/mol. The fraction of sp³-hybridized carbons (Fsp3) is 0.467. The maximum Gasteiger partial charge on any atom is 0.183 e. The molecule has 1 saturated carbocycles. The SMILES string of the molecule is CC1(CCn2cnc(C(O)c3ccccc3)n2)CC1. The van der Waals surface area contributed by atoms with Gasteiger partial charge >= 0.3 is 0 Å². The van der Waals surface area contributed by atoms with Crippen molar-refractivity contribution in [2.75, 3.05) is 0 Å². The number of hydrogen-bond donors (Lipinski definition) is 1. The Morgan fingerprint density at radius 3 is 2.74 bits per heavy atom. The van der Waals surface area contributed by atoms with Gasteiger partial charge in [-0.15, -0.1) is 0 Å². The number of aliphatic hydroxyl groups excluding tert-OH is 1. The van der Waals surface area contributed by atoms with Gasteiger partial charge in [-0.1, -0.05) is 37.3 Å². The minimum Gasteiger partial charge on any atom is -0.380 e. The van der Waals surface area contributed by atoms with E-state index >= 15 is 0 Å². The first kappa shape index (κ1) is 12.4. The van der Waals surface area contributed by atoms with E-state index in [9.17, 15) is 5.11 Å². The first-order valence-electron chi connectivity index (χ1n) is 6.79. The van der Waals surface area contributed by atoms with Crippen molar-refractivity contribution in [3.63, 3.8) is 0 Å². The summed E-state index contributed by atoms with van der Waals surface area (Å²) in [4.78, 5) is 4.22. The molecule has 1 unspecified atom stereocenters. The second kappa shape index (κ2) is 4.78. The summed E-state index contributed by atoms with van der Waals surface area (Å²) < 4.78 is 1.84. The van der Waals surface area contributed by atoms with Crippen LogP contribution in [0, 0.1) is 5.41 Å². The third-order valence-electron chi connectivity index (χ3n) is 3.96. The molecule has 0 saturated heterocycles. The zero-order valence-corrected chi connectivity index (χ0v) is 11.2. The van der Waals surface area contributed by atoms with Gasteiger partial charge in [0.25, 0.3) is 0 Å². The first-order chi connectivity index (χ1) is 9.16. The van der Waals surface area contributed by atoms with Crippen molar-refractivity contribution < 1.29 is 5.11 Å². The average molecular weight is 257 g/mol. The Balaban J connectivity index is 1.67. The van der Waals surface area contributed by atoms with Crippen LogP contribution in [0.4, 0.5) is 0 Å². The molecule has 0 aliphatic heterocycles. The Labute approximate surface area is 113 Å². The van der Waals surface area contributed by atoms with Crippen molar-refractivity contribution in [2.24, 2.45) is 5.41 Å². The van der Waals surface area contributed by atoms with E-state index in [1.807, 2.05) is 35.0 Å². The van der Waals surface area contributed by atoms with Gasteiger partial charge in [0, 0.05) is 6.54 Å². The summed E-state index contributed by atoms with van der Waals surface area (Å²) in [5, 5.41) is 14.6. The molecule has 2 aromatic rings. The fourth-order valence-electron chi connectivity index (χ4n) is 2.17. The molecule has 1 atom stereocenters. The highest BCUT2D eigenvalue weighted by atomic mass is 16.3. The quantitative estimate of drug-likeness (QED) is 0.895. The number of rotatable bonds is 5. The fourth-order valence-corrected chi connectivity index (χ4v) is 2.17. The Kier molecular flexibility index (Phi) is 3.11. The predicted octanol–water partition coefficient (Wildman–Crippen LogP) is 2.55. The lowest BCUT2D eigenvalue weighted by atomic mass is 10.1. The van der Waals surface area contributed by atoms with Gasteiger partial charge < -0.3 is 5.11 Å². The van der Waals surface area contributed by atoms with Gasteiger partial charge in [0.1, 0.15) is 12.4 Å². The average Bonchev–Trinajstić information content (AvgIpc) is 3.01. The van der Waals surface area contributed by atoms with Crippen molar-refractivity contribution in [2.45, 2.75) is 38.8 Å². The Morgan fingerprint density at radius 2 is 2.05 bits per heavy atom. The lowest BCUT2D eigenvalue weighted by molar-refractivity contribution is 0.209. The Morgan fingerprint density at radius 1 is 1.32 bits per heavy atom. The monoisotopic (exact) mass is 257 g/mol. The highest BCUT2D eigenvalue weighted by Gasteiger charge is 2.36.